The first kappa shape index (κ1) is 13.6. The van der Waals surface area contributed by atoms with Crippen molar-refractivity contribution < 1.29 is 4.79 Å². The lowest BCUT2D eigenvalue weighted by Crippen LogP contribution is -2.45. The fraction of sp³-hybridized carbons (Fsp3) is 0.643. The van der Waals surface area contributed by atoms with Gasteiger partial charge in [0.25, 0.3) is 0 Å². The van der Waals surface area contributed by atoms with E-state index in [1.807, 2.05) is 11.9 Å². The van der Waals surface area contributed by atoms with E-state index >= 15 is 0 Å². The molecule has 18 heavy (non-hydrogen) atoms. The van der Waals surface area contributed by atoms with E-state index in [9.17, 15) is 4.79 Å². The molecule has 0 aromatic carbocycles. The summed E-state index contributed by atoms with van der Waals surface area (Å²) in [5.74, 6) is 0.473. The number of carbonyl (C=O) groups excluding carboxylic acids is 1. The van der Waals surface area contributed by atoms with Gasteiger partial charge in [-0.2, -0.15) is 0 Å². The predicted molar refractivity (Wildman–Crippen MR) is 75.8 cm³/mol. The maximum Gasteiger partial charge on any atom is 0.226 e. The highest BCUT2D eigenvalue weighted by atomic mass is 32.1. The van der Waals surface area contributed by atoms with Gasteiger partial charge < -0.3 is 10.2 Å². The SMILES string of the molecule is CC(Cc1cccs1)N(C)C(=O)[C@@H]1CCCNC1. The first-order chi connectivity index (χ1) is 8.68. The number of piperidine rings is 1. The van der Waals surface area contributed by atoms with Crippen LogP contribution in [0.15, 0.2) is 17.5 Å². The lowest BCUT2D eigenvalue weighted by molar-refractivity contribution is -0.136. The molecule has 2 heterocycles. The van der Waals surface area contributed by atoms with Gasteiger partial charge in [-0.3, -0.25) is 4.79 Å². The maximum absolute atomic E-state index is 12.4. The minimum Gasteiger partial charge on any atom is -0.342 e. The van der Waals surface area contributed by atoms with Crippen LogP contribution < -0.4 is 5.32 Å². The zero-order valence-corrected chi connectivity index (χ0v) is 12.0. The third-order valence-corrected chi connectivity index (χ3v) is 4.63. The number of nitrogens with zero attached hydrogens (tertiary/aromatic N) is 1. The standard InChI is InChI=1S/C14H22N2OS/c1-11(9-13-6-4-8-18-13)16(2)14(17)12-5-3-7-15-10-12/h4,6,8,11-12,15H,3,5,7,9-10H2,1-2H3/t11?,12-/m1/s1. The minimum atomic E-state index is 0.175. The van der Waals surface area contributed by atoms with Gasteiger partial charge in [0.2, 0.25) is 5.91 Å². The number of rotatable bonds is 4. The van der Waals surface area contributed by atoms with E-state index in [0.29, 0.717) is 5.91 Å². The van der Waals surface area contributed by atoms with Crippen molar-refractivity contribution in [2.24, 2.45) is 5.92 Å². The number of hydrogen-bond acceptors (Lipinski definition) is 3. The Balaban J connectivity index is 1.88. The molecule has 100 valence electrons. The highest BCUT2D eigenvalue weighted by Crippen LogP contribution is 2.17. The molecule has 0 aliphatic carbocycles. The van der Waals surface area contributed by atoms with Crippen LogP contribution in [0.5, 0.6) is 0 Å². The van der Waals surface area contributed by atoms with E-state index in [4.69, 9.17) is 0 Å². The summed E-state index contributed by atoms with van der Waals surface area (Å²) in [6, 6.07) is 4.49. The van der Waals surface area contributed by atoms with E-state index in [-0.39, 0.29) is 12.0 Å². The molecule has 1 unspecified atom stereocenters. The lowest BCUT2D eigenvalue weighted by Gasteiger charge is -2.31. The third-order valence-electron chi connectivity index (χ3n) is 3.73. The van der Waals surface area contributed by atoms with E-state index < -0.39 is 0 Å². The quantitative estimate of drug-likeness (QED) is 0.905. The molecular weight excluding hydrogens is 244 g/mol. The molecule has 1 fully saturated rings. The van der Waals surface area contributed by atoms with E-state index in [1.54, 1.807) is 11.3 Å². The Bertz CT molecular complexity index is 371. The van der Waals surface area contributed by atoms with Crippen molar-refractivity contribution in [1.29, 1.82) is 0 Å². The van der Waals surface area contributed by atoms with Gasteiger partial charge in [-0.05, 0) is 37.8 Å². The van der Waals surface area contributed by atoms with Crippen LogP contribution in [0.3, 0.4) is 0 Å². The summed E-state index contributed by atoms with van der Waals surface area (Å²) < 4.78 is 0. The van der Waals surface area contributed by atoms with E-state index in [1.165, 1.54) is 4.88 Å². The molecule has 1 aromatic heterocycles. The van der Waals surface area contributed by atoms with Crippen LogP contribution in [0, 0.1) is 5.92 Å². The van der Waals surface area contributed by atoms with E-state index in [2.05, 4.69) is 29.8 Å². The molecule has 1 N–H and O–H groups in total. The molecule has 3 nitrogen and oxygen atoms in total. The van der Waals surface area contributed by atoms with Crippen molar-refractivity contribution in [3.05, 3.63) is 22.4 Å². The van der Waals surface area contributed by atoms with Crippen LogP contribution in [0.1, 0.15) is 24.6 Å². The molecule has 1 aliphatic rings. The van der Waals surface area contributed by atoms with Crippen LogP contribution >= 0.6 is 11.3 Å². The Morgan fingerprint density at radius 1 is 1.67 bits per heavy atom. The summed E-state index contributed by atoms with van der Waals surface area (Å²) in [6.45, 7) is 4.03. The molecule has 0 radical (unpaired) electrons. The molecule has 0 bridgehead atoms. The molecule has 0 spiro atoms. The van der Waals surface area contributed by atoms with E-state index in [0.717, 1.165) is 32.4 Å². The molecule has 2 atom stereocenters. The first-order valence-electron chi connectivity index (χ1n) is 6.68. The number of carbonyl (C=O) groups is 1. The molecule has 2 rings (SSSR count). The zero-order chi connectivity index (χ0) is 13.0. The van der Waals surface area contributed by atoms with Crippen LogP contribution in [0.4, 0.5) is 0 Å². The summed E-state index contributed by atoms with van der Waals surface area (Å²) in [5, 5.41) is 5.40. The third kappa shape index (κ3) is 3.33. The van der Waals surface area contributed by atoms with Crippen LogP contribution in [-0.4, -0.2) is 37.0 Å². The highest BCUT2D eigenvalue weighted by Gasteiger charge is 2.26. The Morgan fingerprint density at radius 2 is 2.50 bits per heavy atom. The van der Waals surface area contributed by atoms with Gasteiger partial charge in [-0.15, -0.1) is 11.3 Å². The summed E-state index contributed by atoms with van der Waals surface area (Å²) in [6.07, 6.45) is 3.10. The Kier molecular flexibility index (Phi) is 4.78. The summed E-state index contributed by atoms with van der Waals surface area (Å²) in [7, 11) is 1.94. The average Bonchev–Trinajstić information content (AvgIpc) is 2.91. The topological polar surface area (TPSA) is 32.3 Å². The molecule has 1 saturated heterocycles. The number of amides is 1. The zero-order valence-electron chi connectivity index (χ0n) is 11.2. The first-order valence-corrected chi connectivity index (χ1v) is 7.56. The second-order valence-corrected chi connectivity index (χ2v) is 6.16. The monoisotopic (exact) mass is 266 g/mol. The van der Waals surface area contributed by atoms with Crippen molar-refractivity contribution >= 4 is 17.2 Å². The van der Waals surface area contributed by atoms with Gasteiger partial charge in [0.15, 0.2) is 0 Å². The smallest absolute Gasteiger partial charge is 0.226 e. The Hall–Kier alpha value is -0.870. The highest BCUT2D eigenvalue weighted by molar-refractivity contribution is 7.09. The second-order valence-electron chi connectivity index (χ2n) is 5.12. The van der Waals surface area contributed by atoms with Gasteiger partial charge in [0, 0.05) is 30.9 Å². The van der Waals surface area contributed by atoms with Crippen molar-refractivity contribution in [3.8, 4) is 0 Å². The maximum atomic E-state index is 12.4. The normalized spacial score (nSPS) is 21.6. The van der Waals surface area contributed by atoms with Gasteiger partial charge >= 0.3 is 0 Å². The fourth-order valence-electron chi connectivity index (χ4n) is 2.42. The van der Waals surface area contributed by atoms with Crippen LogP contribution in [0.2, 0.25) is 0 Å². The Labute approximate surface area is 113 Å². The molecule has 1 aromatic rings. The minimum absolute atomic E-state index is 0.175. The fourth-order valence-corrected chi connectivity index (χ4v) is 3.25. The molecular formula is C14H22N2OS. The Morgan fingerprint density at radius 3 is 3.11 bits per heavy atom. The largest absolute Gasteiger partial charge is 0.342 e. The van der Waals surface area contributed by atoms with Crippen LogP contribution in [0.25, 0.3) is 0 Å². The summed E-state index contributed by atoms with van der Waals surface area (Å²) in [5.41, 5.74) is 0. The van der Waals surface area contributed by atoms with Crippen molar-refractivity contribution in [2.45, 2.75) is 32.2 Å². The predicted octanol–water partition coefficient (Wildman–Crippen LogP) is 2.14. The summed E-state index contributed by atoms with van der Waals surface area (Å²) >= 11 is 1.77. The van der Waals surface area contributed by atoms with Gasteiger partial charge in [-0.25, -0.2) is 0 Å². The van der Waals surface area contributed by atoms with Gasteiger partial charge in [-0.1, -0.05) is 6.07 Å². The second kappa shape index (κ2) is 6.34. The molecule has 0 saturated carbocycles. The summed E-state index contributed by atoms with van der Waals surface area (Å²) in [4.78, 5) is 15.6. The van der Waals surface area contributed by atoms with Crippen molar-refractivity contribution in [1.82, 2.24) is 10.2 Å². The molecule has 1 aliphatic heterocycles. The number of thiophene rings is 1. The van der Waals surface area contributed by atoms with Crippen LogP contribution in [-0.2, 0) is 11.2 Å². The number of hydrogen-bond donors (Lipinski definition) is 1. The lowest BCUT2D eigenvalue weighted by atomic mass is 9.97. The molecule has 1 amide bonds. The van der Waals surface area contributed by atoms with Gasteiger partial charge in [0.1, 0.15) is 0 Å². The molecule has 4 heteroatoms. The number of likely N-dealkylation sites (N-methyl/N-ethyl adjacent to an activating group) is 1. The number of nitrogens with one attached hydrogen (secondary N) is 1. The van der Waals surface area contributed by atoms with Crippen molar-refractivity contribution in [2.75, 3.05) is 20.1 Å². The van der Waals surface area contributed by atoms with Gasteiger partial charge in [0.05, 0.1) is 5.92 Å². The van der Waals surface area contributed by atoms with Crippen molar-refractivity contribution in [3.63, 3.8) is 0 Å². The average molecular weight is 266 g/mol.